The molecule has 10 heteroatoms. The largest absolute Gasteiger partial charge is 0.455 e. The zero-order valence-corrected chi connectivity index (χ0v) is 23.3. The number of benzene rings is 1. The molecule has 9 nitrogen and oxygen atoms in total. The summed E-state index contributed by atoms with van der Waals surface area (Å²) in [7, 11) is 0. The van der Waals surface area contributed by atoms with E-state index in [1.165, 1.54) is 0 Å². The summed E-state index contributed by atoms with van der Waals surface area (Å²) in [6.45, 7) is 10.9. The monoisotopic (exact) mass is 545 g/mol. The van der Waals surface area contributed by atoms with Crippen LogP contribution in [0.1, 0.15) is 60.9 Å². The van der Waals surface area contributed by atoms with E-state index in [9.17, 15) is 9.59 Å². The first-order valence-corrected chi connectivity index (χ1v) is 12.8. The number of halogens is 1. The predicted molar refractivity (Wildman–Crippen MR) is 150 cm³/mol. The molecule has 0 spiro atoms. The van der Waals surface area contributed by atoms with Crippen molar-refractivity contribution < 1.29 is 13.9 Å². The molecular weight excluding hydrogens is 518 g/mol. The maximum Gasteiger partial charge on any atom is 0.359 e. The van der Waals surface area contributed by atoms with E-state index in [1.54, 1.807) is 69.0 Å². The minimum absolute atomic E-state index is 0.0663. The summed E-state index contributed by atoms with van der Waals surface area (Å²) in [5.74, 6) is -0.195. The highest BCUT2D eigenvalue weighted by Gasteiger charge is 2.25. The number of esters is 1. The fourth-order valence-electron chi connectivity index (χ4n) is 4.48. The quantitative estimate of drug-likeness (QED) is 0.202. The third kappa shape index (κ3) is 5.09. The van der Waals surface area contributed by atoms with Gasteiger partial charge in [0.15, 0.2) is 16.8 Å². The Kier molecular flexibility index (Phi) is 6.64. The molecule has 1 atom stereocenters. The average Bonchev–Trinajstić information content (AvgIpc) is 3.30. The van der Waals surface area contributed by atoms with Crippen LogP contribution >= 0.6 is 11.6 Å². The van der Waals surface area contributed by atoms with Crippen LogP contribution in [0.2, 0.25) is 5.15 Å². The number of nitrogens with one attached hydrogen (secondary N) is 1. The van der Waals surface area contributed by atoms with Crippen LogP contribution in [0.25, 0.3) is 27.9 Å². The van der Waals surface area contributed by atoms with Crippen LogP contribution < -0.4 is 10.7 Å². The lowest BCUT2D eigenvalue weighted by molar-refractivity contribution is 0.00640. The molecule has 5 aromatic rings. The highest BCUT2D eigenvalue weighted by Crippen LogP contribution is 2.34. The summed E-state index contributed by atoms with van der Waals surface area (Å²) in [5, 5.41) is 8.33. The molecule has 0 radical (unpaired) electrons. The summed E-state index contributed by atoms with van der Waals surface area (Å²) >= 11 is 6.12. The Balaban J connectivity index is 1.63. The second-order valence-corrected chi connectivity index (χ2v) is 10.8. The molecular formula is C29H28ClN5O4. The lowest BCUT2D eigenvalue weighted by Gasteiger charge is -2.22. The number of ether oxygens (including phenoxy) is 1. The molecule has 0 amide bonds. The maximum atomic E-state index is 13.6. The number of fused-ring (bicyclic) bond motifs is 2. The standard InChI is InChI=1S/C29H28ClN5O4/c1-15-12-18(17(3)33-21-8-9-22(30)34-23(21)28(37)39-29(4,5)6)26-19(13-15)24(36)16(2)25(38-26)20-14-32-35-11-7-10-31-27(20)35/h7-14,17,33H,1-6H3/t17-/m1/s1. The van der Waals surface area contributed by atoms with Gasteiger partial charge in [0.25, 0.3) is 0 Å². The Hall–Kier alpha value is -4.24. The Morgan fingerprint density at radius 3 is 2.72 bits per heavy atom. The fraction of sp³-hybridized carbons (Fsp3) is 0.276. The van der Waals surface area contributed by atoms with Crippen molar-refractivity contribution in [3.63, 3.8) is 0 Å². The highest BCUT2D eigenvalue weighted by molar-refractivity contribution is 6.29. The summed E-state index contributed by atoms with van der Waals surface area (Å²) in [6.07, 6.45) is 5.09. The van der Waals surface area contributed by atoms with Gasteiger partial charge in [-0.1, -0.05) is 17.7 Å². The number of hydrogen-bond donors (Lipinski definition) is 1. The molecule has 1 aromatic carbocycles. The first kappa shape index (κ1) is 26.4. The summed E-state index contributed by atoms with van der Waals surface area (Å²) < 4.78 is 13.6. The van der Waals surface area contributed by atoms with Crippen LogP contribution in [0.4, 0.5) is 5.69 Å². The van der Waals surface area contributed by atoms with Gasteiger partial charge < -0.3 is 14.5 Å². The van der Waals surface area contributed by atoms with Gasteiger partial charge in [0, 0.05) is 23.5 Å². The molecule has 5 rings (SSSR count). The van der Waals surface area contributed by atoms with Crippen LogP contribution in [0.3, 0.4) is 0 Å². The predicted octanol–water partition coefficient (Wildman–Crippen LogP) is 6.30. The third-order valence-corrected chi connectivity index (χ3v) is 6.42. The Labute approximate surface area is 229 Å². The number of carbonyl (C=O) groups is 1. The van der Waals surface area contributed by atoms with Crippen molar-refractivity contribution in [2.75, 3.05) is 5.32 Å². The Morgan fingerprint density at radius 1 is 1.21 bits per heavy atom. The van der Waals surface area contributed by atoms with E-state index >= 15 is 0 Å². The van der Waals surface area contributed by atoms with Gasteiger partial charge in [-0.25, -0.2) is 19.3 Å². The molecule has 0 saturated heterocycles. The van der Waals surface area contributed by atoms with Crippen LogP contribution in [0, 0.1) is 13.8 Å². The third-order valence-electron chi connectivity index (χ3n) is 6.21. The van der Waals surface area contributed by atoms with Crippen molar-refractivity contribution in [2.24, 2.45) is 0 Å². The SMILES string of the molecule is Cc1cc([C@@H](C)Nc2ccc(Cl)nc2C(=O)OC(C)(C)C)c2oc(-c3cnn4cccnc34)c(C)c(=O)c2c1. The van der Waals surface area contributed by atoms with Crippen molar-refractivity contribution in [2.45, 2.75) is 53.2 Å². The minimum atomic E-state index is -0.707. The van der Waals surface area contributed by atoms with E-state index in [0.717, 1.165) is 11.1 Å². The Morgan fingerprint density at radius 2 is 1.97 bits per heavy atom. The van der Waals surface area contributed by atoms with Gasteiger partial charge in [-0.2, -0.15) is 5.10 Å². The van der Waals surface area contributed by atoms with Gasteiger partial charge in [-0.3, -0.25) is 4.79 Å². The zero-order chi connectivity index (χ0) is 28.1. The van der Waals surface area contributed by atoms with Gasteiger partial charge in [-0.15, -0.1) is 0 Å². The van der Waals surface area contributed by atoms with Crippen molar-refractivity contribution in [3.8, 4) is 11.3 Å². The molecule has 1 N–H and O–H groups in total. The van der Waals surface area contributed by atoms with Crippen LogP contribution in [-0.4, -0.2) is 31.2 Å². The number of aromatic nitrogens is 4. The van der Waals surface area contributed by atoms with Crippen molar-refractivity contribution in [1.29, 1.82) is 0 Å². The fourth-order valence-corrected chi connectivity index (χ4v) is 4.63. The zero-order valence-electron chi connectivity index (χ0n) is 22.5. The smallest absolute Gasteiger partial charge is 0.359 e. The summed E-state index contributed by atoms with van der Waals surface area (Å²) in [6, 6.07) is 8.43. The first-order valence-electron chi connectivity index (χ1n) is 12.5. The number of carbonyl (C=O) groups excluding carboxylic acids is 1. The van der Waals surface area contributed by atoms with Crippen molar-refractivity contribution in [1.82, 2.24) is 19.6 Å². The number of nitrogens with zero attached hydrogens (tertiary/aromatic N) is 4. The number of pyridine rings is 1. The Bertz CT molecular complexity index is 1800. The van der Waals surface area contributed by atoms with Gasteiger partial charge >= 0.3 is 5.97 Å². The normalized spacial score (nSPS) is 12.6. The van der Waals surface area contributed by atoms with E-state index < -0.39 is 17.6 Å². The van der Waals surface area contributed by atoms with E-state index in [-0.39, 0.29) is 16.3 Å². The second kappa shape index (κ2) is 9.81. The number of rotatable bonds is 5. The average molecular weight is 546 g/mol. The lowest BCUT2D eigenvalue weighted by atomic mass is 9.99. The molecule has 0 bridgehead atoms. The van der Waals surface area contributed by atoms with Crippen LogP contribution in [0.15, 0.2) is 58.1 Å². The molecule has 0 fully saturated rings. The number of hydrogen-bond acceptors (Lipinski definition) is 8. The van der Waals surface area contributed by atoms with E-state index in [2.05, 4.69) is 20.4 Å². The van der Waals surface area contributed by atoms with E-state index in [1.807, 2.05) is 26.0 Å². The molecule has 39 heavy (non-hydrogen) atoms. The van der Waals surface area contributed by atoms with Crippen molar-refractivity contribution in [3.05, 3.63) is 86.7 Å². The minimum Gasteiger partial charge on any atom is -0.455 e. The lowest BCUT2D eigenvalue weighted by Crippen LogP contribution is -2.25. The summed E-state index contributed by atoms with van der Waals surface area (Å²) in [4.78, 5) is 35.1. The first-order chi connectivity index (χ1) is 18.4. The van der Waals surface area contributed by atoms with E-state index in [0.29, 0.717) is 39.2 Å². The molecule has 200 valence electrons. The molecule has 4 heterocycles. The van der Waals surface area contributed by atoms with Crippen LogP contribution in [0.5, 0.6) is 0 Å². The van der Waals surface area contributed by atoms with Gasteiger partial charge in [-0.05, 0) is 71.4 Å². The van der Waals surface area contributed by atoms with Gasteiger partial charge in [0.2, 0.25) is 0 Å². The van der Waals surface area contributed by atoms with Crippen molar-refractivity contribution >= 4 is 39.9 Å². The maximum absolute atomic E-state index is 13.6. The highest BCUT2D eigenvalue weighted by atomic mass is 35.5. The van der Waals surface area contributed by atoms with Crippen LogP contribution in [-0.2, 0) is 4.74 Å². The molecule has 0 saturated carbocycles. The molecule has 0 aliphatic carbocycles. The van der Waals surface area contributed by atoms with Gasteiger partial charge in [0.1, 0.15) is 22.1 Å². The number of aryl methyl sites for hydroxylation is 1. The van der Waals surface area contributed by atoms with E-state index in [4.69, 9.17) is 20.8 Å². The molecule has 4 aromatic heterocycles. The molecule has 0 aliphatic heterocycles. The topological polar surface area (TPSA) is 112 Å². The molecule has 0 unspecified atom stereocenters. The molecule has 0 aliphatic rings. The van der Waals surface area contributed by atoms with Gasteiger partial charge in [0.05, 0.1) is 28.9 Å². The second-order valence-electron chi connectivity index (χ2n) is 10.5. The number of anilines is 1. The summed E-state index contributed by atoms with van der Waals surface area (Å²) in [5.41, 5.74) is 3.39.